The van der Waals surface area contributed by atoms with Crippen LogP contribution in [0.15, 0.2) is 72.9 Å². The third kappa shape index (κ3) is 20.0. The van der Waals surface area contributed by atoms with Crippen molar-refractivity contribution >= 4 is 5.97 Å². The standard InChI is InChI=1S/C24H36O2/c1-3-5-6-7-8-9-10-11-12-13-14-15-16-17-18-19-20-21-22-23-24(25)26-4-2/h12-23H,3-11H2,1-2H3/b13-12?,15-14?,17-16?,19-18?,21-20?,23-22-. The number of ether oxygens (including phenoxy) is 1. The third-order valence-corrected chi connectivity index (χ3v) is 3.63. The molecule has 144 valence electrons. The molecular formula is C24H36O2. The van der Waals surface area contributed by atoms with E-state index in [1.807, 2.05) is 36.5 Å². The number of esters is 1. The van der Waals surface area contributed by atoms with Gasteiger partial charge in [-0.15, -0.1) is 0 Å². The van der Waals surface area contributed by atoms with Crippen molar-refractivity contribution in [3.8, 4) is 0 Å². The number of rotatable bonds is 15. The van der Waals surface area contributed by atoms with E-state index >= 15 is 0 Å². The normalized spacial score (nSPS) is 12.8. The predicted molar refractivity (Wildman–Crippen MR) is 114 cm³/mol. The predicted octanol–water partition coefficient (Wildman–Crippen LogP) is 7.03. The maximum Gasteiger partial charge on any atom is 0.330 e. The van der Waals surface area contributed by atoms with Gasteiger partial charge in [-0.25, -0.2) is 4.79 Å². The molecule has 0 amide bonds. The highest BCUT2D eigenvalue weighted by molar-refractivity contribution is 5.82. The molecule has 0 saturated heterocycles. The van der Waals surface area contributed by atoms with E-state index < -0.39 is 0 Å². The smallest absolute Gasteiger partial charge is 0.330 e. The van der Waals surface area contributed by atoms with Crippen LogP contribution in [0.25, 0.3) is 0 Å². The summed E-state index contributed by atoms with van der Waals surface area (Å²) in [7, 11) is 0. The molecule has 0 atom stereocenters. The zero-order valence-electron chi connectivity index (χ0n) is 16.6. The molecular weight excluding hydrogens is 320 g/mol. The van der Waals surface area contributed by atoms with Gasteiger partial charge in [0.1, 0.15) is 0 Å². The molecule has 0 bridgehead atoms. The van der Waals surface area contributed by atoms with Crippen molar-refractivity contribution in [1.82, 2.24) is 0 Å². The number of carbonyl (C=O) groups is 1. The number of unbranched alkanes of at least 4 members (excludes halogenated alkanes) is 7. The van der Waals surface area contributed by atoms with Gasteiger partial charge < -0.3 is 4.74 Å². The van der Waals surface area contributed by atoms with Gasteiger partial charge in [0.25, 0.3) is 0 Å². The van der Waals surface area contributed by atoms with Crippen molar-refractivity contribution in [3.63, 3.8) is 0 Å². The Morgan fingerprint density at radius 3 is 1.73 bits per heavy atom. The van der Waals surface area contributed by atoms with Crippen LogP contribution in [0.3, 0.4) is 0 Å². The lowest BCUT2D eigenvalue weighted by Crippen LogP contribution is -1.98. The molecule has 0 aliphatic carbocycles. The fourth-order valence-corrected chi connectivity index (χ4v) is 2.23. The molecule has 0 aliphatic rings. The lowest BCUT2D eigenvalue weighted by atomic mass is 10.1. The first-order valence-corrected chi connectivity index (χ1v) is 9.97. The largest absolute Gasteiger partial charge is 0.463 e. The van der Waals surface area contributed by atoms with Gasteiger partial charge in [0.05, 0.1) is 6.61 Å². The number of hydrogen-bond donors (Lipinski definition) is 0. The summed E-state index contributed by atoms with van der Waals surface area (Å²) in [6.07, 6.45) is 33.7. The fourth-order valence-electron chi connectivity index (χ4n) is 2.23. The van der Waals surface area contributed by atoms with Gasteiger partial charge in [-0.3, -0.25) is 0 Å². The van der Waals surface area contributed by atoms with Crippen LogP contribution in [0.1, 0.15) is 65.2 Å². The second-order valence-corrected chi connectivity index (χ2v) is 5.99. The van der Waals surface area contributed by atoms with Crippen LogP contribution in [0, 0.1) is 0 Å². The molecule has 0 aromatic heterocycles. The van der Waals surface area contributed by atoms with E-state index in [0.29, 0.717) is 6.61 Å². The van der Waals surface area contributed by atoms with Gasteiger partial charge in [0.15, 0.2) is 0 Å². The average Bonchev–Trinajstić information content (AvgIpc) is 2.64. The molecule has 0 heterocycles. The Morgan fingerprint density at radius 1 is 0.654 bits per heavy atom. The van der Waals surface area contributed by atoms with Crippen LogP contribution in [-0.4, -0.2) is 12.6 Å². The summed E-state index contributed by atoms with van der Waals surface area (Å²) in [5.74, 6) is -0.314. The van der Waals surface area contributed by atoms with Crippen LogP contribution >= 0.6 is 0 Å². The summed E-state index contributed by atoms with van der Waals surface area (Å²) < 4.78 is 4.78. The molecule has 2 heteroatoms. The monoisotopic (exact) mass is 356 g/mol. The van der Waals surface area contributed by atoms with Crippen molar-refractivity contribution in [2.45, 2.75) is 65.2 Å². The van der Waals surface area contributed by atoms with Crippen molar-refractivity contribution in [2.75, 3.05) is 6.61 Å². The van der Waals surface area contributed by atoms with Crippen molar-refractivity contribution in [3.05, 3.63) is 72.9 Å². The van der Waals surface area contributed by atoms with E-state index in [1.165, 1.54) is 57.4 Å². The first-order chi connectivity index (χ1) is 12.8. The number of allylic oxidation sites excluding steroid dienone is 11. The molecule has 0 aromatic carbocycles. The zero-order chi connectivity index (χ0) is 19.1. The third-order valence-electron chi connectivity index (χ3n) is 3.63. The molecule has 0 aliphatic heterocycles. The topological polar surface area (TPSA) is 26.3 Å². The Bertz CT molecular complexity index is 490. The van der Waals surface area contributed by atoms with Gasteiger partial charge in [-0.2, -0.15) is 0 Å². The van der Waals surface area contributed by atoms with Gasteiger partial charge in [0, 0.05) is 6.08 Å². The van der Waals surface area contributed by atoms with Crippen LogP contribution in [0.5, 0.6) is 0 Å². The minimum atomic E-state index is -0.314. The lowest BCUT2D eigenvalue weighted by molar-refractivity contribution is -0.137. The van der Waals surface area contributed by atoms with E-state index in [9.17, 15) is 4.79 Å². The van der Waals surface area contributed by atoms with Crippen molar-refractivity contribution in [2.24, 2.45) is 0 Å². The summed E-state index contributed by atoms with van der Waals surface area (Å²) in [5, 5.41) is 0. The first kappa shape index (κ1) is 23.9. The van der Waals surface area contributed by atoms with E-state index in [-0.39, 0.29) is 5.97 Å². The molecule has 26 heavy (non-hydrogen) atoms. The molecule has 2 nitrogen and oxygen atoms in total. The minimum absolute atomic E-state index is 0.314. The molecule has 0 radical (unpaired) electrons. The molecule has 0 aromatic rings. The van der Waals surface area contributed by atoms with Crippen LogP contribution < -0.4 is 0 Å². The van der Waals surface area contributed by atoms with E-state index in [0.717, 1.165) is 0 Å². The highest BCUT2D eigenvalue weighted by Gasteiger charge is 1.89. The van der Waals surface area contributed by atoms with Crippen LogP contribution in [0.4, 0.5) is 0 Å². The highest BCUT2D eigenvalue weighted by Crippen LogP contribution is 2.08. The van der Waals surface area contributed by atoms with Gasteiger partial charge in [0.2, 0.25) is 0 Å². The summed E-state index contributed by atoms with van der Waals surface area (Å²) in [6, 6.07) is 0. The van der Waals surface area contributed by atoms with Gasteiger partial charge >= 0.3 is 5.97 Å². The fraction of sp³-hybridized carbons (Fsp3) is 0.458. The van der Waals surface area contributed by atoms with Crippen LogP contribution in [-0.2, 0) is 9.53 Å². The van der Waals surface area contributed by atoms with Gasteiger partial charge in [-0.1, -0.05) is 112 Å². The first-order valence-electron chi connectivity index (χ1n) is 9.97. The Labute approximate surface area is 160 Å². The number of hydrogen-bond acceptors (Lipinski definition) is 2. The second-order valence-electron chi connectivity index (χ2n) is 5.99. The molecule has 0 fully saturated rings. The van der Waals surface area contributed by atoms with Crippen molar-refractivity contribution in [1.29, 1.82) is 0 Å². The molecule has 0 rings (SSSR count). The maximum absolute atomic E-state index is 11.0. The quantitative estimate of drug-likeness (QED) is 0.136. The summed E-state index contributed by atoms with van der Waals surface area (Å²) in [5.41, 5.74) is 0. The summed E-state index contributed by atoms with van der Waals surface area (Å²) in [4.78, 5) is 11.0. The molecule has 0 saturated carbocycles. The molecule has 0 unspecified atom stereocenters. The van der Waals surface area contributed by atoms with E-state index in [1.54, 1.807) is 19.1 Å². The van der Waals surface area contributed by atoms with Gasteiger partial charge in [-0.05, 0) is 19.8 Å². The molecule has 0 spiro atoms. The van der Waals surface area contributed by atoms with E-state index in [4.69, 9.17) is 4.74 Å². The molecule has 0 N–H and O–H groups in total. The second kappa shape index (κ2) is 21.0. The Balaban J connectivity index is 3.64. The SMILES string of the molecule is CCCCCCCCCC=CC=CC=CC=CC=C/C=C\C(=O)OCC. The van der Waals surface area contributed by atoms with Crippen molar-refractivity contribution < 1.29 is 9.53 Å². The van der Waals surface area contributed by atoms with Crippen LogP contribution in [0.2, 0.25) is 0 Å². The summed E-state index contributed by atoms with van der Waals surface area (Å²) >= 11 is 0. The Hall–Kier alpha value is -2.09. The zero-order valence-corrected chi connectivity index (χ0v) is 16.6. The maximum atomic E-state index is 11.0. The minimum Gasteiger partial charge on any atom is -0.463 e. The Morgan fingerprint density at radius 2 is 1.15 bits per heavy atom. The average molecular weight is 357 g/mol. The lowest BCUT2D eigenvalue weighted by Gasteiger charge is -1.98. The van der Waals surface area contributed by atoms with E-state index in [2.05, 4.69) is 25.2 Å². The Kier molecular flexibility index (Phi) is 19.3. The highest BCUT2D eigenvalue weighted by atomic mass is 16.5. The summed E-state index contributed by atoms with van der Waals surface area (Å²) in [6.45, 7) is 4.45. The number of carbonyl (C=O) groups excluding carboxylic acids is 1.